The van der Waals surface area contributed by atoms with Crippen LogP contribution in [0, 0.1) is 17.8 Å². The normalized spacial score (nSPS) is 22.0. The number of hydrogen-bond donors (Lipinski definition) is 0. The third-order valence-corrected chi connectivity index (χ3v) is 10.4. The first-order valence-corrected chi connectivity index (χ1v) is 16.6. The molecule has 3 saturated heterocycles. The second-order valence-electron chi connectivity index (χ2n) is 13.7. The van der Waals surface area contributed by atoms with Crippen LogP contribution < -0.4 is 14.5 Å². The minimum Gasteiger partial charge on any atom is -0.487 e. The van der Waals surface area contributed by atoms with E-state index in [4.69, 9.17) is 4.74 Å². The summed E-state index contributed by atoms with van der Waals surface area (Å²) in [5.41, 5.74) is 2.51. The van der Waals surface area contributed by atoms with E-state index in [1.54, 1.807) is 0 Å². The van der Waals surface area contributed by atoms with E-state index in [1.165, 1.54) is 102 Å². The van der Waals surface area contributed by atoms with Crippen LogP contribution in [0.5, 0.6) is 5.75 Å². The van der Waals surface area contributed by atoms with E-state index in [1.807, 2.05) is 0 Å². The van der Waals surface area contributed by atoms with Gasteiger partial charge in [0.25, 0.3) is 0 Å². The van der Waals surface area contributed by atoms with Crippen LogP contribution in [0.1, 0.15) is 64.7 Å². The molecule has 3 fully saturated rings. The van der Waals surface area contributed by atoms with Gasteiger partial charge in [0.2, 0.25) is 0 Å². The third-order valence-electron chi connectivity index (χ3n) is 10.4. The average molecular weight is 561 g/mol. The molecule has 226 valence electrons. The van der Waals surface area contributed by atoms with Gasteiger partial charge in [-0.25, -0.2) is 0 Å². The van der Waals surface area contributed by atoms with Gasteiger partial charge in [0.1, 0.15) is 11.4 Å². The predicted octanol–water partition coefficient (Wildman–Crippen LogP) is 7.03. The summed E-state index contributed by atoms with van der Waals surface area (Å²) in [4.78, 5) is 9.94. The van der Waals surface area contributed by atoms with Gasteiger partial charge in [-0.1, -0.05) is 31.2 Å². The van der Waals surface area contributed by atoms with Crippen molar-refractivity contribution in [1.29, 1.82) is 0 Å². The maximum absolute atomic E-state index is 7.43. The molecule has 5 rings (SSSR count). The van der Waals surface area contributed by atoms with E-state index in [0.29, 0.717) is 5.92 Å². The molecule has 2 aromatic carbocycles. The monoisotopic (exact) mass is 560 g/mol. The molecule has 3 aliphatic heterocycles. The molecule has 3 aliphatic rings. The summed E-state index contributed by atoms with van der Waals surface area (Å²) >= 11 is 0. The second kappa shape index (κ2) is 14.3. The Bertz CT molecular complexity index is 1040. The molecule has 0 aliphatic carbocycles. The standard InChI is InChI=1S/C36H56N4O/c1-5-39-22-16-31(17-23-39)28-36(27-30-14-20-38(4)21-15-30,41-35-13-9-12-34(26-35)37(2)3)29-32-18-24-40(25-19-32)33-10-7-6-8-11-33/h6-13,26,30-32H,5,14-25,27-29H2,1-4H3. The average Bonchev–Trinajstić information content (AvgIpc) is 3.00. The van der Waals surface area contributed by atoms with Crippen LogP contribution in [0.3, 0.4) is 0 Å². The minimum absolute atomic E-state index is 0.0931. The quantitative estimate of drug-likeness (QED) is 0.293. The van der Waals surface area contributed by atoms with Crippen LogP contribution in [-0.4, -0.2) is 82.4 Å². The van der Waals surface area contributed by atoms with Crippen LogP contribution in [0.15, 0.2) is 54.6 Å². The van der Waals surface area contributed by atoms with Crippen LogP contribution >= 0.6 is 0 Å². The van der Waals surface area contributed by atoms with Crippen molar-refractivity contribution in [3.05, 3.63) is 54.6 Å². The summed E-state index contributed by atoms with van der Waals surface area (Å²) in [5, 5.41) is 0. The number of benzene rings is 2. The summed E-state index contributed by atoms with van der Waals surface area (Å²) in [6.45, 7) is 10.7. The van der Waals surface area contributed by atoms with Crippen LogP contribution in [0.2, 0.25) is 0 Å². The van der Waals surface area contributed by atoms with E-state index < -0.39 is 0 Å². The number of nitrogens with zero attached hydrogens (tertiary/aromatic N) is 4. The lowest BCUT2D eigenvalue weighted by Gasteiger charge is -2.45. The molecule has 41 heavy (non-hydrogen) atoms. The van der Waals surface area contributed by atoms with E-state index in [0.717, 1.165) is 30.7 Å². The molecule has 1 atom stereocenters. The van der Waals surface area contributed by atoms with E-state index in [2.05, 4.69) is 102 Å². The summed E-state index contributed by atoms with van der Waals surface area (Å²) in [5.74, 6) is 3.29. The second-order valence-corrected chi connectivity index (χ2v) is 13.7. The number of piperidine rings is 3. The van der Waals surface area contributed by atoms with Crippen molar-refractivity contribution in [1.82, 2.24) is 9.80 Å². The van der Waals surface area contributed by atoms with Crippen molar-refractivity contribution in [3.63, 3.8) is 0 Å². The molecular weight excluding hydrogens is 504 g/mol. The lowest BCUT2D eigenvalue weighted by molar-refractivity contribution is -0.0210. The molecule has 0 spiro atoms. The van der Waals surface area contributed by atoms with Crippen molar-refractivity contribution in [2.75, 3.05) is 76.8 Å². The topological polar surface area (TPSA) is 22.2 Å². The van der Waals surface area contributed by atoms with Crippen molar-refractivity contribution >= 4 is 11.4 Å². The maximum Gasteiger partial charge on any atom is 0.122 e. The number of likely N-dealkylation sites (tertiary alicyclic amines) is 2. The Balaban J connectivity index is 1.39. The first kappa shape index (κ1) is 30.2. The summed E-state index contributed by atoms with van der Waals surface area (Å²) in [7, 11) is 6.55. The molecular formula is C36H56N4O. The fourth-order valence-corrected chi connectivity index (χ4v) is 7.84. The van der Waals surface area contributed by atoms with Gasteiger partial charge in [-0.2, -0.15) is 0 Å². The van der Waals surface area contributed by atoms with Gasteiger partial charge in [0, 0.05) is 44.6 Å². The Labute approximate surface area is 250 Å². The van der Waals surface area contributed by atoms with Crippen molar-refractivity contribution in [3.8, 4) is 5.75 Å². The number of rotatable bonds is 11. The fraction of sp³-hybridized carbons (Fsp3) is 0.667. The SMILES string of the molecule is CCN1CCC(CC(CC2CCN(C)CC2)(CC2CCN(c3ccccc3)CC2)Oc2cccc(N(C)C)c2)CC1. The largest absolute Gasteiger partial charge is 0.487 e. The predicted molar refractivity (Wildman–Crippen MR) is 174 cm³/mol. The molecule has 0 amide bonds. The molecule has 0 N–H and O–H groups in total. The molecule has 5 nitrogen and oxygen atoms in total. The molecule has 3 heterocycles. The molecule has 5 heteroatoms. The van der Waals surface area contributed by atoms with Gasteiger partial charge in [0.15, 0.2) is 0 Å². The summed E-state index contributed by atoms with van der Waals surface area (Å²) < 4.78 is 7.43. The zero-order chi connectivity index (χ0) is 28.7. The van der Waals surface area contributed by atoms with E-state index >= 15 is 0 Å². The highest BCUT2D eigenvalue weighted by molar-refractivity contribution is 5.49. The highest BCUT2D eigenvalue weighted by Crippen LogP contribution is 2.43. The molecule has 0 saturated carbocycles. The van der Waals surface area contributed by atoms with Gasteiger partial charge in [0.05, 0.1) is 0 Å². The molecule has 1 unspecified atom stereocenters. The Morgan fingerprint density at radius 1 is 0.732 bits per heavy atom. The van der Waals surface area contributed by atoms with Crippen LogP contribution in [0.25, 0.3) is 0 Å². The zero-order valence-electron chi connectivity index (χ0n) is 26.4. The van der Waals surface area contributed by atoms with Gasteiger partial charge in [-0.15, -0.1) is 0 Å². The lowest BCUT2D eigenvalue weighted by Crippen LogP contribution is -2.47. The first-order valence-electron chi connectivity index (χ1n) is 16.6. The van der Waals surface area contributed by atoms with E-state index in [-0.39, 0.29) is 5.60 Å². The number of para-hydroxylation sites is 1. The molecule has 0 bridgehead atoms. The number of ether oxygens (including phenoxy) is 1. The highest BCUT2D eigenvalue weighted by Gasteiger charge is 2.41. The Morgan fingerprint density at radius 2 is 1.29 bits per heavy atom. The molecule has 0 radical (unpaired) electrons. The van der Waals surface area contributed by atoms with Crippen LogP contribution in [0.4, 0.5) is 11.4 Å². The third kappa shape index (κ3) is 8.41. The number of anilines is 2. The maximum atomic E-state index is 7.43. The van der Waals surface area contributed by atoms with Gasteiger partial charge in [-0.05, 0) is 140 Å². The summed E-state index contributed by atoms with van der Waals surface area (Å²) in [6, 6.07) is 19.9. The van der Waals surface area contributed by atoms with Gasteiger partial charge >= 0.3 is 0 Å². The smallest absolute Gasteiger partial charge is 0.122 e. The fourth-order valence-electron chi connectivity index (χ4n) is 7.84. The zero-order valence-corrected chi connectivity index (χ0v) is 26.4. The molecule has 0 aromatic heterocycles. The lowest BCUT2D eigenvalue weighted by atomic mass is 9.72. The van der Waals surface area contributed by atoms with Crippen molar-refractivity contribution < 1.29 is 4.74 Å². The minimum atomic E-state index is -0.0931. The van der Waals surface area contributed by atoms with Crippen LogP contribution in [-0.2, 0) is 0 Å². The molecule has 2 aromatic rings. The van der Waals surface area contributed by atoms with Gasteiger partial charge in [-0.3, -0.25) is 0 Å². The Kier molecular flexibility index (Phi) is 10.5. The first-order chi connectivity index (χ1) is 19.9. The Hall–Kier alpha value is -2.24. The van der Waals surface area contributed by atoms with E-state index in [9.17, 15) is 0 Å². The van der Waals surface area contributed by atoms with Crippen molar-refractivity contribution in [2.45, 2.75) is 70.3 Å². The highest BCUT2D eigenvalue weighted by atomic mass is 16.5. The summed E-state index contributed by atoms with van der Waals surface area (Å²) in [6.07, 6.45) is 11.4. The van der Waals surface area contributed by atoms with Crippen molar-refractivity contribution in [2.24, 2.45) is 17.8 Å². The Morgan fingerprint density at radius 3 is 1.85 bits per heavy atom. The number of hydrogen-bond acceptors (Lipinski definition) is 5. The van der Waals surface area contributed by atoms with Gasteiger partial charge < -0.3 is 24.3 Å².